The van der Waals surface area contributed by atoms with E-state index in [1.54, 1.807) is 43.2 Å². The van der Waals surface area contributed by atoms with Crippen LogP contribution in [-0.2, 0) is 21.2 Å². The minimum absolute atomic E-state index is 0.0329. The van der Waals surface area contributed by atoms with Crippen LogP contribution in [0.3, 0.4) is 0 Å². The number of aryl methyl sites for hydroxylation is 1. The second-order valence-electron chi connectivity index (χ2n) is 6.65. The first-order chi connectivity index (χ1) is 12.8. The number of ether oxygens (including phenoxy) is 1. The second-order valence-corrected chi connectivity index (χ2v) is 8.36. The molecule has 7 heteroatoms. The molecule has 1 N–H and O–H groups in total. The molecule has 2 aromatic rings. The van der Waals surface area contributed by atoms with Crippen molar-refractivity contribution in [3.8, 4) is 5.75 Å². The van der Waals surface area contributed by atoms with Gasteiger partial charge in [0, 0.05) is 30.8 Å². The first kappa shape index (κ1) is 19.4. The normalized spacial score (nSPS) is 15.1. The summed E-state index contributed by atoms with van der Waals surface area (Å²) in [7, 11) is -2.15. The van der Waals surface area contributed by atoms with E-state index in [2.05, 4.69) is 4.72 Å². The Bertz CT molecular complexity index is 956. The zero-order valence-electron chi connectivity index (χ0n) is 15.7. The summed E-state index contributed by atoms with van der Waals surface area (Å²) in [4.78, 5) is 13.7. The quantitative estimate of drug-likeness (QED) is 0.854. The molecule has 0 saturated heterocycles. The Morgan fingerprint density at radius 2 is 1.96 bits per heavy atom. The number of methoxy groups -OCH3 is 1. The molecule has 0 aromatic heterocycles. The molecule has 144 valence electrons. The molecular formula is C20H24N2O4S. The predicted molar refractivity (Wildman–Crippen MR) is 105 cm³/mol. The first-order valence-electron chi connectivity index (χ1n) is 8.90. The average molecular weight is 388 g/mol. The number of hydrogen-bond acceptors (Lipinski definition) is 4. The van der Waals surface area contributed by atoms with Crippen LogP contribution in [-0.4, -0.2) is 28.0 Å². The van der Waals surface area contributed by atoms with Gasteiger partial charge < -0.3 is 9.64 Å². The van der Waals surface area contributed by atoms with Gasteiger partial charge in [-0.1, -0.05) is 18.2 Å². The molecule has 0 radical (unpaired) electrons. The number of carbonyl (C=O) groups excluding carboxylic acids is 1. The molecule has 0 bridgehead atoms. The molecule has 1 aliphatic heterocycles. The molecule has 0 saturated carbocycles. The number of rotatable bonds is 5. The molecule has 2 aromatic carbocycles. The number of sulfonamides is 1. The van der Waals surface area contributed by atoms with Crippen molar-refractivity contribution < 1.29 is 17.9 Å². The summed E-state index contributed by atoms with van der Waals surface area (Å²) < 4.78 is 33.8. The molecule has 3 rings (SSSR count). The summed E-state index contributed by atoms with van der Waals surface area (Å²) in [6.45, 7) is 3.97. The van der Waals surface area contributed by atoms with Crippen LogP contribution in [0.1, 0.15) is 37.4 Å². The first-order valence-corrected chi connectivity index (χ1v) is 10.4. The van der Waals surface area contributed by atoms with Gasteiger partial charge in [-0.3, -0.25) is 4.79 Å². The zero-order valence-corrected chi connectivity index (χ0v) is 16.5. The third kappa shape index (κ3) is 3.99. The Morgan fingerprint density at radius 1 is 1.22 bits per heavy atom. The third-order valence-electron chi connectivity index (χ3n) is 4.80. The summed E-state index contributed by atoms with van der Waals surface area (Å²) in [5.41, 5.74) is 2.44. The number of amides is 1. The van der Waals surface area contributed by atoms with Crippen molar-refractivity contribution in [1.29, 1.82) is 0 Å². The number of hydrogen-bond donors (Lipinski definition) is 1. The fourth-order valence-corrected chi connectivity index (χ4v) is 4.73. The smallest absolute Gasteiger partial charge is 0.241 e. The Balaban J connectivity index is 1.88. The molecule has 6 nitrogen and oxygen atoms in total. The van der Waals surface area contributed by atoms with Gasteiger partial charge >= 0.3 is 0 Å². The fourth-order valence-electron chi connectivity index (χ4n) is 3.46. The Kier molecular flexibility index (Phi) is 5.53. The van der Waals surface area contributed by atoms with Crippen molar-refractivity contribution in [2.75, 3.05) is 18.6 Å². The largest absolute Gasteiger partial charge is 0.496 e. The Labute approximate surface area is 160 Å². The molecule has 0 aliphatic carbocycles. The van der Waals surface area contributed by atoms with Crippen LogP contribution in [0.2, 0.25) is 0 Å². The topological polar surface area (TPSA) is 75.7 Å². The summed E-state index contributed by atoms with van der Waals surface area (Å²) in [6, 6.07) is 11.8. The lowest BCUT2D eigenvalue weighted by Crippen LogP contribution is -2.34. The van der Waals surface area contributed by atoms with Gasteiger partial charge in [-0.25, -0.2) is 13.1 Å². The molecule has 1 aliphatic rings. The van der Waals surface area contributed by atoms with E-state index in [1.165, 1.54) is 6.92 Å². The van der Waals surface area contributed by atoms with E-state index in [1.807, 2.05) is 18.2 Å². The number of nitrogens with zero attached hydrogens (tertiary/aromatic N) is 1. The number of anilines is 1. The van der Waals surface area contributed by atoms with Gasteiger partial charge in [0.2, 0.25) is 15.9 Å². The van der Waals surface area contributed by atoms with Gasteiger partial charge in [-0.05, 0) is 49.6 Å². The molecule has 0 fully saturated rings. The van der Waals surface area contributed by atoms with Crippen LogP contribution in [0.25, 0.3) is 0 Å². The maximum Gasteiger partial charge on any atom is 0.241 e. The summed E-state index contributed by atoms with van der Waals surface area (Å²) in [5.74, 6) is 0.602. The van der Waals surface area contributed by atoms with E-state index in [0.29, 0.717) is 12.3 Å². The maximum absolute atomic E-state index is 12.9. The van der Waals surface area contributed by atoms with Crippen LogP contribution in [0.4, 0.5) is 5.69 Å². The van der Waals surface area contributed by atoms with E-state index in [0.717, 1.165) is 29.7 Å². The number of para-hydroxylation sites is 1. The van der Waals surface area contributed by atoms with Crippen LogP contribution >= 0.6 is 0 Å². The van der Waals surface area contributed by atoms with Gasteiger partial charge in [0.25, 0.3) is 0 Å². The van der Waals surface area contributed by atoms with Crippen LogP contribution in [0.15, 0.2) is 47.4 Å². The highest BCUT2D eigenvalue weighted by Crippen LogP contribution is 2.31. The van der Waals surface area contributed by atoms with Gasteiger partial charge in [0.15, 0.2) is 0 Å². The average Bonchev–Trinajstić information content (AvgIpc) is 2.66. The number of nitrogens with one attached hydrogen (secondary N) is 1. The van der Waals surface area contributed by atoms with Crippen LogP contribution in [0.5, 0.6) is 5.75 Å². The summed E-state index contributed by atoms with van der Waals surface area (Å²) in [5, 5.41) is 0. The lowest BCUT2D eigenvalue weighted by Gasteiger charge is -2.29. The summed E-state index contributed by atoms with van der Waals surface area (Å²) in [6.07, 6.45) is 1.58. The fraction of sp³-hybridized carbons (Fsp3) is 0.350. The zero-order chi connectivity index (χ0) is 19.6. The van der Waals surface area contributed by atoms with Gasteiger partial charge in [0.1, 0.15) is 5.75 Å². The second kappa shape index (κ2) is 7.70. The number of fused-ring (bicyclic) bond motifs is 1. The van der Waals surface area contributed by atoms with Gasteiger partial charge in [-0.15, -0.1) is 0 Å². The molecule has 27 heavy (non-hydrogen) atoms. The molecule has 1 atom stereocenters. The van der Waals surface area contributed by atoms with Crippen molar-refractivity contribution in [3.05, 3.63) is 53.6 Å². The van der Waals surface area contributed by atoms with Crippen molar-refractivity contribution in [2.45, 2.75) is 37.6 Å². The van der Waals surface area contributed by atoms with Crippen molar-refractivity contribution >= 4 is 21.6 Å². The molecule has 1 heterocycles. The number of benzene rings is 2. The van der Waals surface area contributed by atoms with Crippen molar-refractivity contribution in [3.63, 3.8) is 0 Å². The van der Waals surface area contributed by atoms with E-state index in [4.69, 9.17) is 4.74 Å². The lowest BCUT2D eigenvalue weighted by molar-refractivity contribution is -0.116. The Morgan fingerprint density at radius 3 is 2.67 bits per heavy atom. The predicted octanol–water partition coefficient (Wildman–Crippen LogP) is 3.03. The SMILES string of the molecule is COc1ccccc1[C@@H](C)NS(=O)(=O)c1ccc2c(c1)CCCN2C(C)=O. The van der Waals surface area contributed by atoms with E-state index in [9.17, 15) is 13.2 Å². The van der Waals surface area contributed by atoms with Crippen molar-refractivity contribution in [2.24, 2.45) is 0 Å². The standard InChI is InChI=1S/C20H24N2O4S/c1-14(18-8-4-5-9-20(18)26-3)21-27(24,25)17-10-11-19-16(13-17)7-6-12-22(19)15(2)23/h4-5,8-11,13-14,21H,6-7,12H2,1-3H3/t14-/m1/s1. The molecular weight excluding hydrogens is 364 g/mol. The van der Waals surface area contributed by atoms with E-state index in [-0.39, 0.29) is 10.8 Å². The van der Waals surface area contributed by atoms with Gasteiger partial charge in [0.05, 0.1) is 12.0 Å². The maximum atomic E-state index is 12.9. The lowest BCUT2D eigenvalue weighted by atomic mass is 10.0. The van der Waals surface area contributed by atoms with E-state index < -0.39 is 16.1 Å². The van der Waals surface area contributed by atoms with E-state index >= 15 is 0 Å². The highest BCUT2D eigenvalue weighted by atomic mass is 32.2. The number of carbonyl (C=O) groups is 1. The van der Waals surface area contributed by atoms with Crippen LogP contribution < -0.4 is 14.4 Å². The highest BCUT2D eigenvalue weighted by Gasteiger charge is 2.25. The highest BCUT2D eigenvalue weighted by molar-refractivity contribution is 7.89. The molecule has 0 unspecified atom stereocenters. The Hall–Kier alpha value is -2.38. The van der Waals surface area contributed by atoms with Gasteiger partial charge in [-0.2, -0.15) is 0 Å². The molecule has 0 spiro atoms. The minimum atomic E-state index is -3.71. The van der Waals surface area contributed by atoms with Crippen LogP contribution in [0, 0.1) is 0 Å². The molecule has 1 amide bonds. The van der Waals surface area contributed by atoms with Crippen molar-refractivity contribution in [1.82, 2.24) is 4.72 Å². The summed E-state index contributed by atoms with van der Waals surface area (Å²) >= 11 is 0. The minimum Gasteiger partial charge on any atom is -0.496 e. The monoisotopic (exact) mass is 388 g/mol. The third-order valence-corrected chi connectivity index (χ3v) is 6.34.